The molecule has 20 heavy (non-hydrogen) atoms. The zero-order valence-electron chi connectivity index (χ0n) is 12.6. The molecule has 5 heteroatoms. The molecule has 1 unspecified atom stereocenters. The van der Waals surface area contributed by atoms with Crippen LogP contribution in [0.1, 0.15) is 32.6 Å². The molecule has 2 rings (SSSR count). The van der Waals surface area contributed by atoms with Crippen molar-refractivity contribution < 1.29 is 9.84 Å². The minimum Gasteiger partial charge on any atom is -0.385 e. The molecule has 1 aromatic heterocycles. The molecule has 1 aromatic rings. The highest BCUT2D eigenvalue weighted by Gasteiger charge is 2.17. The van der Waals surface area contributed by atoms with Gasteiger partial charge in [0.2, 0.25) is 0 Å². The zero-order chi connectivity index (χ0) is 14.6. The minimum atomic E-state index is -0.588. The van der Waals surface area contributed by atoms with Gasteiger partial charge in [0.15, 0.2) is 0 Å². The average molecular weight is 279 g/mol. The summed E-state index contributed by atoms with van der Waals surface area (Å²) in [6.45, 7) is 9.93. The molecule has 0 aromatic carbocycles. The zero-order valence-corrected chi connectivity index (χ0v) is 12.6. The van der Waals surface area contributed by atoms with Crippen molar-refractivity contribution in [3.63, 3.8) is 0 Å². The van der Waals surface area contributed by atoms with E-state index in [0.717, 1.165) is 32.1 Å². The molecule has 0 radical (unpaired) electrons. The summed E-state index contributed by atoms with van der Waals surface area (Å²) < 4.78 is 5.35. The Balaban J connectivity index is 2.01. The van der Waals surface area contributed by atoms with E-state index in [-0.39, 0.29) is 5.54 Å². The van der Waals surface area contributed by atoms with Gasteiger partial charge in [-0.2, -0.15) is 0 Å². The molecule has 112 valence electrons. The third-order valence-corrected chi connectivity index (χ3v) is 3.26. The van der Waals surface area contributed by atoms with Gasteiger partial charge in [0.1, 0.15) is 11.9 Å². The van der Waals surface area contributed by atoms with Gasteiger partial charge >= 0.3 is 0 Å². The number of pyridine rings is 1. The van der Waals surface area contributed by atoms with Crippen LogP contribution in [0.2, 0.25) is 0 Å². The fourth-order valence-corrected chi connectivity index (χ4v) is 2.10. The number of nitrogens with zero attached hydrogens (tertiary/aromatic N) is 2. The van der Waals surface area contributed by atoms with Crippen LogP contribution in [0.25, 0.3) is 0 Å². The number of aliphatic hydroxyl groups excluding tert-OH is 1. The van der Waals surface area contributed by atoms with Crippen LogP contribution in [0, 0.1) is 0 Å². The second-order valence-electron chi connectivity index (χ2n) is 6.17. The summed E-state index contributed by atoms with van der Waals surface area (Å²) in [5.41, 5.74) is 0.703. The average Bonchev–Trinajstić information content (AvgIpc) is 2.45. The molecule has 1 atom stereocenters. The van der Waals surface area contributed by atoms with E-state index in [4.69, 9.17) is 4.74 Å². The van der Waals surface area contributed by atoms with E-state index >= 15 is 0 Å². The lowest BCUT2D eigenvalue weighted by Gasteiger charge is -2.28. The molecule has 2 N–H and O–H groups in total. The maximum atomic E-state index is 10.2. The summed E-state index contributed by atoms with van der Waals surface area (Å²) in [5.74, 6) is 0.917. The number of anilines is 1. The summed E-state index contributed by atoms with van der Waals surface area (Å²) in [4.78, 5) is 6.77. The predicted octanol–water partition coefficient (Wildman–Crippen LogP) is 1.34. The van der Waals surface area contributed by atoms with Crippen LogP contribution in [-0.4, -0.2) is 48.5 Å². The van der Waals surface area contributed by atoms with Crippen molar-refractivity contribution in [3.8, 4) is 0 Å². The summed E-state index contributed by atoms with van der Waals surface area (Å²) >= 11 is 0. The van der Waals surface area contributed by atoms with Crippen LogP contribution in [-0.2, 0) is 4.74 Å². The van der Waals surface area contributed by atoms with Gasteiger partial charge in [0.25, 0.3) is 0 Å². The van der Waals surface area contributed by atoms with Crippen LogP contribution >= 0.6 is 0 Å². The molecule has 0 bridgehead atoms. The number of morpholine rings is 1. The van der Waals surface area contributed by atoms with E-state index in [1.54, 1.807) is 0 Å². The number of rotatable bonds is 4. The minimum absolute atomic E-state index is 0.0111. The van der Waals surface area contributed by atoms with Gasteiger partial charge in [-0.1, -0.05) is 6.07 Å². The number of aromatic nitrogens is 1. The first kappa shape index (κ1) is 15.2. The highest BCUT2D eigenvalue weighted by molar-refractivity contribution is 5.40. The molecule has 0 saturated carbocycles. The predicted molar refractivity (Wildman–Crippen MR) is 80.0 cm³/mol. The molecule has 0 amide bonds. The van der Waals surface area contributed by atoms with Crippen molar-refractivity contribution in [1.82, 2.24) is 10.3 Å². The molecule has 5 nitrogen and oxygen atoms in total. The van der Waals surface area contributed by atoms with E-state index in [9.17, 15) is 5.11 Å². The fraction of sp³-hybridized carbons (Fsp3) is 0.667. The Morgan fingerprint density at radius 3 is 2.70 bits per heavy atom. The maximum Gasteiger partial charge on any atom is 0.129 e. The van der Waals surface area contributed by atoms with E-state index < -0.39 is 6.10 Å². The van der Waals surface area contributed by atoms with Crippen molar-refractivity contribution in [3.05, 3.63) is 23.9 Å². The molecule has 0 spiro atoms. The van der Waals surface area contributed by atoms with Crippen molar-refractivity contribution in [2.24, 2.45) is 0 Å². The molecular formula is C15H25N3O2. The van der Waals surface area contributed by atoms with Crippen LogP contribution in [0.5, 0.6) is 0 Å². The van der Waals surface area contributed by atoms with E-state index in [1.807, 2.05) is 18.2 Å². The topological polar surface area (TPSA) is 57.6 Å². The fourth-order valence-electron chi connectivity index (χ4n) is 2.10. The van der Waals surface area contributed by atoms with Crippen molar-refractivity contribution in [2.45, 2.75) is 32.4 Å². The molecule has 0 aliphatic carbocycles. The first-order chi connectivity index (χ1) is 9.46. The van der Waals surface area contributed by atoms with Crippen LogP contribution in [0.15, 0.2) is 18.2 Å². The van der Waals surface area contributed by atoms with Gasteiger partial charge in [-0.15, -0.1) is 0 Å². The van der Waals surface area contributed by atoms with Gasteiger partial charge in [-0.05, 0) is 32.9 Å². The number of aliphatic hydroxyl groups is 1. The third-order valence-electron chi connectivity index (χ3n) is 3.26. The molecule has 2 heterocycles. The summed E-state index contributed by atoms with van der Waals surface area (Å²) in [6, 6.07) is 5.81. The maximum absolute atomic E-state index is 10.2. The molecular weight excluding hydrogens is 254 g/mol. The third kappa shape index (κ3) is 4.44. The Labute approximate surface area is 121 Å². The monoisotopic (exact) mass is 279 g/mol. The van der Waals surface area contributed by atoms with Gasteiger partial charge in [0, 0.05) is 25.2 Å². The number of ether oxygens (including phenoxy) is 1. The lowest BCUT2D eigenvalue weighted by Crippen LogP contribution is -2.39. The van der Waals surface area contributed by atoms with E-state index in [1.165, 1.54) is 0 Å². The molecule has 1 saturated heterocycles. The Bertz CT molecular complexity index is 425. The highest BCUT2D eigenvalue weighted by Crippen LogP contribution is 2.17. The van der Waals surface area contributed by atoms with Crippen LogP contribution in [0.3, 0.4) is 0 Å². The Kier molecular flexibility index (Phi) is 4.96. The second kappa shape index (κ2) is 6.52. The Hall–Kier alpha value is -1.17. The molecule has 1 aliphatic heterocycles. The lowest BCUT2D eigenvalue weighted by molar-refractivity contribution is 0.122. The summed E-state index contributed by atoms with van der Waals surface area (Å²) in [6.07, 6.45) is -0.588. The second-order valence-corrected chi connectivity index (χ2v) is 6.17. The smallest absolute Gasteiger partial charge is 0.129 e. The Morgan fingerprint density at radius 1 is 1.35 bits per heavy atom. The summed E-state index contributed by atoms with van der Waals surface area (Å²) in [7, 11) is 0. The van der Waals surface area contributed by atoms with Gasteiger partial charge in [-0.3, -0.25) is 0 Å². The standard InChI is InChI=1S/C15H25N3O2/c1-15(2,3)16-11-13(19)12-5-4-6-14(17-12)18-7-9-20-10-8-18/h4-6,13,16,19H,7-11H2,1-3H3. The molecule has 1 aliphatic rings. The number of hydrogen-bond donors (Lipinski definition) is 2. The van der Waals surface area contributed by atoms with Gasteiger partial charge < -0.3 is 20.1 Å². The SMILES string of the molecule is CC(C)(C)NCC(O)c1cccc(N2CCOCC2)n1. The molecule has 1 fully saturated rings. The first-order valence-corrected chi connectivity index (χ1v) is 7.18. The van der Waals surface area contributed by atoms with Crippen LogP contribution in [0.4, 0.5) is 5.82 Å². The lowest BCUT2D eigenvalue weighted by atomic mass is 10.1. The van der Waals surface area contributed by atoms with Crippen LogP contribution < -0.4 is 10.2 Å². The number of hydrogen-bond acceptors (Lipinski definition) is 5. The van der Waals surface area contributed by atoms with Crippen molar-refractivity contribution in [2.75, 3.05) is 37.7 Å². The van der Waals surface area contributed by atoms with Crippen molar-refractivity contribution in [1.29, 1.82) is 0 Å². The number of β-amino-alcohol motifs (C(OH)–C–C–N with tert-alkyl or cyclic N) is 1. The van der Waals surface area contributed by atoms with Crippen molar-refractivity contribution >= 4 is 5.82 Å². The summed E-state index contributed by atoms with van der Waals surface area (Å²) in [5, 5.41) is 13.5. The highest BCUT2D eigenvalue weighted by atomic mass is 16.5. The van der Waals surface area contributed by atoms with Gasteiger partial charge in [0.05, 0.1) is 18.9 Å². The Morgan fingerprint density at radius 2 is 2.05 bits per heavy atom. The van der Waals surface area contributed by atoms with Gasteiger partial charge in [-0.25, -0.2) is 4.98 Å². The number of nitrogens with one attached hydrogen (secondary N) is 1. The largest absolute Gasteiger partial charge is 0.385 e. The van der Waals surface area contributed by atoms with E-state index in [0.29, 0.717) is 12.2 Å². The normalized spacial score (nSPS) is 18.1. The van der Waals surface area contributed by atoms with E-state index in [2.05, 4.69) is 36.0 Å². The first-order valence-electron chi connectivity index (χ1n) is 7.18. The quantitative estimate of drug-likeness (QED) is 0.871.